The van der Waals surface area contributed by atoms with E-state index in [9.17, 15) is 19.2 Å². The Bertz CT molecular complexity index is 1140. The molecule has 208 valence electrons. The molecule has 0 aliphatic carbocycles. The Morgan fingerprint density at radius 2 is 1.85 bits per heavy atom. The van der Waals surface area contributed by atoms with Crippen LogP contribution in [0, 0.1) is 5.92 Å². The predicted molar refractivity (Wildman–Crippen MR) is 141 cm³/mol. The first-order chi connectivity index (χ1) is 18.6. The van der Waals surface area contributed by atoms with Gasteiger partial charge in [0.2, 0.25) is 5.91 Å². The van der Waals surface area contributed by atoms with Gasteiger partial charge in [0.05, 0.1) is 19.2 Å². The topological polar surface area (TPSA) is 149 Å². The van der Waals surface area contributed by atoms with E-state index in [2.05, 4.69) is 20.6 Å². The lowest BCUT2D eigenvalue weighted by Crippen LogP contribution is -2.64. The summed E-state index contributed by atoms with van der Waals surface area (Å²) >= 11 is 0. The zero-order chi connectivity index (χ0) is 28.5. The van der Waals surface area contributed by atoms with Gasteiger partial charge in [-0.1, -0.05) is 44.2 Å². The third-order valence-electron chi connectivity index (χ3n) is 6.11. The summed E-state index contributed by atoms with van der Waals surface area (Å²) in [5.41, 5.74) is 0.875. The molecule has 2 aromatic rings. The van der Waals surface area contributed by atoms with Crippen LogP contribution in [0.4, 0.5) is 0 Å². The van der Waals surface area contributed by atoms with Crippen LogP contribution in [0.15, 0.2) is 48.9 Å². The van der Waals surface area contributed by atoms with Crippen molar-refractivity contribution in [3.63, 3.8) is 0 Å². The molecule has 1 aromatic carbocycles. The molecule has 3 rings (SSSR count). The van der Waals surface area contributed by atoms with Crippen LogP contribution in [0.1, 0.15) is 36.3 Å². The number of nitrogens with zero attached hydrogens (tertiary/aromatic N) is 3. The second-order valence-corrected chi connectivity index (χ2v) is 9.84. The Morgan fingerprint density at radius 3 is 2.44 bits per heavy atom. The lowest BCUT2D eigenvalue weighted by atomic mass is 9.72. The van der Waals surface area contributed by atoms with E-state index in [1.54, 1.807) is 14.1 Å². The molecule has 1 aliphatic heterocycles. The van der Waals surface area contributed by atoms with Crippen LogP contribution in [0.3, 0.4) is 0 Å². The zero-order valence-electron chi connectivity index (χ0n) is 22.7. The number of rotatable bonds is 11. The third kappa shape index (κ3) is 8.07. The molecule has 13 heteroatoms. The summed E-state index contributed by atoms with van der Waals surface area (Å²) in [5.74, 6) is -3.26. The summed E-state index contributed by atoms with van der Waals surface area (Å²) < 4.78 is 16.3. The highest BCUT2D eigenvalue weighted by Crippen LogP contribution is 2.22. The lowest BCUT2D eigenvalue weighted by molar-refractivity contribution is -0.167. The van der Waals surface area contributed by atoms with Crippen LogP contribution in [-0.2, 0) is 34.9 Å². The van der Waals surface area contributed by atoms with Crippen molar-refractivity contribution in [1.82, 2.24) is 25.5 Å². The fraction of sp³-hybridized carbons (Fsp3) is 0.462. The first kappa shape index (κ1) is 29.7. The van der Waals surface area contributed by atoms with E-state index in [1.165, 1.54) is 30.6 Å². The van der Waals surface area contributed by atoms with Gasteiger partial charge in [0, 0.05) is 18.8 Å². The van der Waals surface area contributed by atoms with Crippen molar-refractivity contribution in [2.75, 3.05) is 21.2 Å². The van der Waals surface area contributed by atoms with Gasteiger partial charge in [-0.15, -0.1) is 0 Å². The molecule has 2 N–H and O–H groups in total. The number of likely N-dealkylation sites (N-methyl/N-ethyl adjacent to an activating group) is 1. The largest absolute Gasteiger partial charge is 0.552 e. The lowest BCUT2D eigenvalue weighted by Gasteiger charge is -2.38. The number of methoxy groups -OCH3 is 1. The van der Waals surface area contributed by atoms with Crippen LogP contribution in [0.5, 0.6) is 0 Å². The van der Waals surface area contributed by atoms with E-state index < -0.39 is 55.0 Å². The molecule has 0 unspecified atom stereocenters. The molecule has 4 atom stereocenters. The average molecular weight is 539 g/mol. The maximum atomic E-state index is 13.6. The van der Waals surface area contributed by atoms with Crippen molar-refractivity contribution in [3.05, 3.63) is 60.2 Å². The molecule has 0 saturated carbocycles. The summed E-state index contributed by atoms with van der Waals surface area (Å²) in [6.45, 7) is 3.86. The highest BCUT2D eigenvalue weighted by molar-refractivity contribution is 6.50. The fourth-order valence-electron chi connectivity index (χ4n) is 4.25. The van der Waals surface area contributed by atoms with E-state index in [1.807, 2.05) is 44.2 Å². The highest BCUT2D eigenvalue weighted by atomic mass is 16.7. The number of hydrogen-bond acceptors (Lipinski definition) is 10. The van der Waals surface area contributed by atoms with E-state index in [4.69, 9.17) is 14.0 Å². The van der Waals surface area contributed by atoms with Gasteiger partial charge in [0.15, 0.2) is 6.10 Å². The molecule has 1 aliphatic rings. The number of hydrogen-bond donors (Lipinski definition) is 2. The number of aromatic nitrogens is 2. The van der Waals surface area contributed by atoms with Crippen molar-refractivity contribution in [2.24, 2.45) is 5.92 Å². The number of amides is 2. The van der Waals surface area contributed by atoms with Crippen molar-refractivity contribution in [1.29, 1.82) is 0 Å². The van der Waals surface area contributed by atoms with E-state index in [-0.39, 0.29) is 18.0 Å². The van der Waals surface area contributed by atoms with Gasteiger partial charge < -0.3 is 24.7 Å². The van der Waals surface area contributed by atoms with Crippen LogP contribution >= 0.6 is 0 Å². The molecule has 2 heterocycles. The number of ether oxygens (including phenoxy) is 1. The molecule has 0 spiro atoms. The summed E-state index contributed by atoms with van der Waals surface area (Å²) in [4.78, 5) is 61.3. The van der Waals surface area contributed by atoms with Crippen LogP contribution in [0.25, 0.3) is 0 Å². The van der Waals surface area contributed by atoms with Gasteiger partial charge in [-0.2, -0.15) is 0 Å². The minimum atomic E-state index is -1.25. The SMILES string of the molecule is COC(=O)[C@@H]1OB([C@H](CC(C)C)NC(=O)[C@H](Cc2ccccc2)NC(=O)c2cnccn2)OC(=O)[C@H]1N(C)C. The van der Waals surface area contributed by atoms with Crippen molar-refractivity contribution < 1.29 is 33.2 Å². The molecule has 0 radical (unpaired) electrons. The maximum Gasteiger partial charge on any atom is 0.552 e. The Hall–Kier alpha value is -3.84. The summed E-state index contributed by atoms with van der Waals surface area (Å²) in [7, 11) is 3.19. The van der Waals surface area contributed by atoms with Crippen LogP contribution in [0.2, 0.25) is 0 Å². The first-order valence-electron chi connectivity index (χ1n) is 12.6. The standard InChI is InChI=1S/C26H34BN5O7/c1-16(2)13-20(27-38-22(26(36)37-5)21(32(3)4)25(35)39-27)31-23(33)18(14-17-9-7-6-8-10-17)30-24(34)19-15-28-11-12-29-19/h6-12,15-16,18,20-22H,13-14H2,1-5H3,(H,30,34)(H,31,33)/t18-,20-,21-,22+/m0/s1. The molecule has 0 bridgehead atoms. The summed E-state index contributed by atoms with van der Waals surface area (Å²) in [6, 6.07) is 7.19. The van der Waals surface area contributed by atoms with Gasteiger partial charge in [-0.05, 0) is 32.0 Å². The van der Waals surface area contributed by atoms with Crippen LogP contribution in [-0.4, -0.2) is 91.1 Å². The molecule has 1 saturated heterocycles. The van der Waals surface area contributed by atoms with Gasteiger partial charge in [-0.3, -0.25) is 24.3 Å². The summed E-state index contributed by atoms with van der Waals surface area (Å²) in [6.07, 6.45) is 3.42. The molecular weight excluding hydrogens is 505 g/mol. The fourth-order valence-corrected chi connectivity index (χ4v) is 4.25. The number of nitrogens with one attached hydrogen (secondary N) is 2. The predicted octanol–water partition coefficient (Wildman–Crippen LogP) is 0.421. The van der Waals surface area contributed by atoms with Crippen molar-refractivity contribution in [2.45, 2.75) is 50.8 Å². The zero-order valence-corrected chi connectivity index (χ0v) is 22.7. The van der Waals surface area contributed by atoms with E-state index in [0.717, 1.165) is 5.56 Å². The van der Waals surface area contributed by atoms with Gasteiger partial charge >= 0.3 is 19.1 Å². The first-order valence-corrected chi connectivity index (χ1v) is 12.6. The van der Waals surface area contributed by atoms with E-state index in [0.29, 0.717) is 6.42 Å². The average Bonchev–Trinajstić information content (AvgIpc) is 2.91. The quantitative estimate of drug-likeness (QED) is 0.304. The molecule has 1 fully saturated rings. The molecule has 39 heavy (non-hydrogen) atoms. The highest BCUT2D eigenvalue weighted by Gasteiger charge is 2.51. The molecule has 12 nitrogen and oxygen atoms in total. The Morgan fingerprint density at radius 1 is 1.13 bits per heavy atom. The van der Waals surface area contributed by atoms with Gasteiger partial charge in [0.25, 0.3) is 5.91 Å². The monoisotopic (exact) mass is 539 g/mol. The number of carbonyl (C=O) groups is 4. The molecular formula is C26H34BN5O7. The second-order valence-electron chi connectivity index (χ2n) is 9.84. The molecule has 1 aromatic heterocycles. The van der Waals surface area contributed by atoms with Crippen molar-refractivity contribution >= 4 is 30.9 Å². The minimum absolute atomic E-state index is 0.0577. The van der Waals surface area contributed by atoms with Crippen LogP contribution < -0.4 is 10.6 Å². The minimum Gasteiger partial charge on any atom is -0.507 e. The Balaban J connectivity index is 1.85. The maximum absolute atomic E-state index is 13.6. The molecule has 2 amide bonds. The van der Waals surface area contributed by atoms with Crippen molar-refractivity contribution in [3.8, 4) is 0 Å². The Kier molecular flexibility index (Phi) is 10.5. The normalized spacial score (nSPS) is 18.7. The summed E-state index contributed by atoms with van der Waals surface area (Å²) in [5, 5.41) is 5.61. The number of benzene rings is 1. The number of esters is 1. The van der Waals surface area contributed by atoms with Gasteiger partial charge in [0.1, 0.15) is 17.8 Å². The second kappa shape index (κ2) is 13.8. The Labute approximate surface area is 227 Å². The van der Waals surface area contributed by atoms with Gasteiger partial charge in [-0.25, -0.2) is 9.78 Å². The third-order valence-corrected chi connectivity index (χ3v) is 6.11. The smallest absolute Gasteiger partial charge is 0.507 e. The van der Waals surface area contributed by atoms with E-state index >= 15 is 0 Å². The number of carbonyl (C=O) groups excluding carboxylic acids is 4.